The minimum Gasteiger partial charge on any atom is -0.493 e. The Morgan fingerprint density at radius 1 is 0.880 bits per heavy atom. The third-order valence-corrected chi connectivity index (χ3v) is 4.90. The van der Waals surface area contributed by atoms with E-state index in [2.05, 4.69) is 52.0 Å². The highest BCUT2D eigenvalue weighted by atomic mass is 16.5. The summed E-state index contributed by atoms with van der Waals surface area (Å²) in [5.41, 5.74) is 5.47. The van der Waals surface area contributed by atoms with Crippen LogP contribution < -0.4 is 4.74 Å². The van der Waals surface area contributed by atoms with Crippen LogP contribution in [-0.2, 0) is 6.42 Å². The molecule has 2 nitrogen and oxygen atoms in total. The van der Waals surface area contributed by atoms with Crippen molar-refractivity contribution in [1.82, 2.24) is 0 Å². The van der Waals surface area contributed by atoms with Crippen LogP contribution in [0.3, 0.4) is 0 Å². The second-order valence-electron chi connectivity index (χ2n) is 6.85. The van der Waals surface area contributed by atoms with Crippen LogP contribution in [0.2, 0.25) is 0 Å². The van der Waals surface area contributed by atoms with E-state index in [1.165, 1.54) is 24.8 Å². The molecule has 1 N–H and O–H groups in total. The third kappa shape index (κ3) is 5.09. The molecule has 25 heavy (non-hydrogen) atoms. The zero-order chi connectivity index (χ0) is 18.2. The summed E-state index contributed by atoms with van der Waals surface area (Å²) in [6, 6.07) is 12.4. The first kappa shape index (κ1) is 19.5. The van der Waals surface area contributed by atoms with Crippen molar-refractivity contribution in [2.24, 2.45) is 0 Å². The maximum Gasteiger partial charge on any atom is 0.122 e. The predicted molar refractivity (Wildman–Crippen MR) is 105 cm³/mol. The van der Waals surface area contributed by atoms with Gasteiger partial charge in [0.15, 0.2) is 0 Å². The van der Waals surface area contributed by atoms with Gasteiger partial charge in [-0.25, -0.2) is 0 Å². The number of hydrogen-bond donors (Lipinski definition) is 1. The maximum atomic E-state index is 10.8. The first-order valence-corrected chi connectivity index (χ1v) is 9.58. The highest BCUT2D eigenvalue weighted by molar-refractivity contribution is 5.46. The van der Waals surface area contributed by atoms with Crippen LogP contribution >= 0.6 is 0 Å². The van der Waals surface area contributed by atoms with Gasteiger partial charge < -0.3 is 9.84 Å². The number of benzene rings is 2. The molecule has 0 saturated heterocycles. The Morgan fingerprint density at radius 2 is 1.60 bits per heavy atom. The van der Waals surface area contributed by atoms with Gasteiger partial charge in [0.2, 0.25) is 0 Å². The van der Waals surface area contributed by atoms with Gasteiger partial charge in [0.1, 0.15) is 11.9 Å². The van der Waals surface area contributed by atoms with E-state index in [1.54, 1.807) is 0 Å². The van der Waals surface area contributed by atoms with Gasteiger partial charge in [-0.05, 0) is 67.0 Å². The van der Waals surface area contributed by atoms with Crippen LogP contribution in [0.4, 0.5) is 0 Å². The second kappa shape index (κ2) is 9.62. The van der Waals surface area contributed by atoms with Gasteiger partial charge in [-0.1, -0.05) is 57.0 Å². The molecule has 0 aliphatic heterocycles. The molecule has 1 atom stereocenters. The molecule has 2 heteroatoms. The quantitative estimate of drug-likeness (QED) is 0.575. The molecular formula is C23H32O2. The van der Waals surface area contributed by atoms with Crippen molar-refractivity contribution in [2.45, 2.75) is 65.9 Å². The molecule has 0 spiro atoms. The van der Waals surface area contributed by atoms with Crippen LogP contribution in [-0.4, -0.2) is 11.7 Å². The van der Waals surface area contributed by atoms with E-state index in [1.807, 2.05) is 12.1 Å². The lowest BCUT2D eigenvalue weighted by molar-refractivity contribution is 0.219. The van der Waals surface area contributed by atoms with Crippen molar-refractivity contribution in [2.75, 3.05) is 6.61 Å². The Balaban J connectivity index is 2.14. The summed E-state index contributed by atoms with van der Waals surface area (Å²) in [5, 5.41) is 10.8. The molecule has 0 aliphatic rings. The summed E-state index contributed by atoms with van der Waals surface area (Å²) < 4.78 is 5.79. The largest absolute Gasteiger partial charge is 0.493 e. The van der Waals surface area contributed by atoms with E-state index in [9.17, 15) is 5.11 Å². The standard InChI is InChI=1S/C23H32O2/c1-5-7-8-9-19-10-12-20(13-11-19)23(24)21-14-15-22(25-16-6-2)18(4)17(21)3/h10-15,23-24H,5-9,16H2,1-4H3. The van der Waals surface area contributed by atoms with Crippen molar-refractivity contribution in [3.63, 3.8) is 0 Å². The second-order valence-corrected chi connectivity index (χ2v) is 6.85. The van der Waals surface area contributed by atoms with Crippen molar-refractivity contribution >= 4 is 0 Å². The highest BCUT2D eigenvalue weighted by Crippen LogP contribution is 2.31. The van der Waals surface area contributed by atoms with E-state index in [0.29, 0.717) is 0 Å². The Hall–Kier alpha value is -1.80. The molecule has 0 radical (unpaired) electrons. The average Bonchev–Trinajstić information content (AvgIpc) is 2.63. The number of aliphatic hydroxyl groups is 1. The zero-order valence-electron chi connectivity index (χ0n) is 16.1. The van der Waals surface area contributed by atoms with E-state index >= 15 is 0 Å². The van der Waals surface area contributed by atoms with Gasteiger partial charge in [0.05, 0.1) is 6.61 Å². The minimum atomic E-state index is -0.594. The first-order valence-electron chi connectivity index (χ1n) is 9.58. The Morgan fingerprint density at radius 3 is 2.24 bits per heavy atom. The SMILES string of the molecule is CCCCCc1ccc(C(O)c2ccc(OCCC)c(C)c2C)cc1. The van der Waals surface area contributed by atoms with Gasteiger partial charge in [-0.2, -0.15) is 0 Å². The number of rotatable bonds is 9. The van der Waals surface area contributed by atoms with E-state index in [0.717, 1.165) is 47.5 Å². The van der Waals surface area contributed by atoms with E-state index in [4.69, 9.17) is 4.74 Å². The predicted octanol–water partition coefficient (Wildman–Crippen LogP) is 5.91. The highest BCUT2D eigenvalue weighted by Gasteiger charge is 2.16. The summed E-state index contributed by atoms with van der Waals surface area (Å²) in [5.74, 6) is 0.918. The van der Waals surface area contributed by atoms with Crippen molar-refractivity contribution in [3.8, 4) is 5.75 Å². The Labute approximate surface area is 152 Å². The topological polar surface area (TPSA) is 29.5 Å². The summed E-state index contributed by atoms with van der Waals surface area (Å²) in [7, 11) is 0. The van der Waals surface area contributed by atoms with Gasteiger partial charge in [-0.15, -0.1) is 0 Å². The lowest BCUT2D eigenvalue weighted by Gasteiger charge is -2.18. The zero-order valence-corrected chi connectivity index (χ0v) is 16.1. The molecule has 1 unspecified atom stereocenters. The normalized spacial score (nSPS) is 12.2. The number of unbranched alkanes of at least 4 members (excludes halogenated alkanes) is 2. The molecule has 2 aromatic rings. The number of aryl methyl sites for hydroxylation is 1. The summed E-state index contributed by atoms with van der Waals surface area (Å²) >= 11 is 0. The van der Waals surface area contributed by atoms with E-state index < -0.39 is 6.10 Å². The molecule has 0 bridgehead atoms. The lowest BCUT2D eigenvalue weighted by Crippen LogP contribution is -2.05. The molecule has 0 aromatic heterocycles. The first-order chi connectivity index (χ1) is 12.1. The van der Waals surface area contributed by atoms with Gasteiger partial charge in [0, 0.05) is 0 Å². The average molecular weight is 341 g/mol. The molecule has 0 amide bonds. The van der Waals surface area contributed by atoms with Gasteiger partial charge in [-0.3, -0.25) is 0 Å². The molecule has 0 aliphatic carbocycles. The maximum absolute atomic E-state index is 10.8. The third-order valence-electron chi connectivity index (χ3n) is 4.90. The number of hydrogen-bond acceptors (Lipinski definition) is 2. The van der Waals surface area contributed by atoms with Crippen molar-refractivity contribution in [3.05, 3.63) is 64.2 Å². The number of ether oxygens (including phenoxy) is 1. The Bertz CT molecular complexity index is 659. The van der Waals surface area contributed by atoms with Crippen LogP contribution in [0.25, 0.3) is 0 Å². The molecule has 0 fully saturated rings. The van der Waals surface area contributed by atoms with E-state index in [-0.39, 0.29) is 0 Å². The van der Waals surface area contributed by atoms with Crippen LogP contribution in [0.1, 0.15) is 73.5 Å². The Kier molecular flexibility index (Phi) is 7.52. The fraction of sp³-hybridized carbons (Fsp3) is 0.478. The molecule has 0 saturated carbocycles. The van der Waals surface area contributed by atoms with Crippen LogP contribution in [0.15, 0.2) is 36.4 Å². The van der Waals surface area contributed by atoms with Crippen molar-refractivity contribution in [1.29, 1.82) is 0 Å². The molecular weight excluding hydrogens is 308 g/mol. The fourth-order valence-corrected chi connectivity index (χ4v) is 3.11. The smallest absolute Gasteiger partial charge is 0.122 e. The summed E-state index contributed by atoms with van der Waals surface area (Å²) in [6.45, 7) is 9.18. The monoisotopic (exact) mass is 340 g/mol. The van der Waals surface area contributed by atoms with Crippen molar-refractivity contribution < 1.29 is 9.84 Å². The lowest BCUT2D eigenvalue weighted by atomic mass is 9.93. The number of aliphatic hydroxyl groups excluding tert-OH is 1. The minimum absolute atomic E-state index is 0.594. The molecule has 2 rings (SSSR count). The van der Waals surface area contributed by atoms with Crippen LogP contribution in [0, 0.1) is 13.8 Å². The molecule has 2 aromatic carbocycles. The molecule has 0 heterocycles. The summed E-state index contributed by atoms with van der Waals surface area (Å²) in [6.07, 6.45) is 5.27. The van der Waals surface area contributed by atoms with Crippen LogP contribution in [0.5, 0.6) is 5.75 Å². The van der Waals surface area contributed by atoms with Gasteiger partial charge >= 0.3 is 0 Å². The van der Waals surface area contributed by atoms with Gasteiger partial charge in [0.25, 0.3) is 0 Å². The summed E-state index contributed by atoms with van der Waals surface area (Å²) in [4.78, 5) is 0. The fourth-order valence-electron chi connectivity index (χ4n) is 3.11. The molecule has 136 valence electrons.